The normalized spacial score (nSPS) is 23.2. The number of rotatable bonds is 5. The van der Waals surface area contributed by atoms with Crippen LogP contribution in [0, 0.1) is 11.8 Å². The summed E-state index contributed by atoms with van der Waals surface area (Å²) in [5, 5.41) is 8.68. The van der Waals surface area contributed by atoms with Crippen molar-refractivity contribution in [1.29, 1.82) is 0 Å². The van der Waals surface area contributed by atoms with Crippen molar-refractivity contribution in [2.24, 2.45) is 17.0 Å². The topological polar surface area (TPSA) is 72.2 Å². The van der Waals surface area contributed by atoms with Gasteiger partial charge in [0.1, 0.15) is 0 Å². The molecule has 0 radical (unpaired) electrons. The molecule has 5 heteroatoms. The molecule has 1 aliphatic carbocycles. The van der Waals surface area contributed by atoms with Crippen molar-refractivity contribution in [3.8, 4) is 0 Å². The van der Waals surface area contributed by atoms with E-state index in [0.717, 1.165) is 11.3 Å². The highest BCUT2D eigenvalue weighted by Gasteiger charge is 2.27. The fraction of sp³-hybridized carbons (Fsp3) is 0.625. The lowest BCUT2D eigenvalue weighted by molar-refractivity contribution is 0.254. The van der Waals surface area contributed by atoms with Crippen molar-refractivity contribution in [1.82, 2.24) is 0 Å². The van der Waals surface area contributed by atoms with Crippen molar-refractivity contribution in [3.63, 3.8) is 0 Å². The molecule has 1 aliphatic rings. The Balaban J connectivity index is 2.02. The molecule has 0 bridgehead atoms. The molecule has 0 aliphatic heterocycles. The molecule has 0 amide bonds. The number of nitrogens with two attached hydrogens (primary N) is 1. The van der Waals surface area contributed by atoms with Crippen LogP contribution in [0.1, 0.15) is 45.1 Å². The van der Waals surface area contributed by atoms with Crippen LogP contribution in [-0.2, 0) is 15.8 Å². The Labute approximate surface area is 128 Å². The minimum absolute atomic E-state index is 0.106. The van der Waals surface area contributed by atoms with Crippen molar-refractivity contribution in [2.75, 3.05) is 5.32 Å². The van der Waals surface area contributed by atoms with Gasteiger partial charge in [0.05, 0.1) is 5.75 Å². The van der Waals surface area contributed by atoms with E-state index >= 15 is 0 Å². The van der Waals surface area contributed by atoms with Crippen molar-refractivity contribution >= 4 is 15.7 Å². The molecule has 0 aromatic heterocycles. The van der Waals surface area contributed by atoms with E-state index in [2.05, 4.69) is 19.2 Å². The van der Waals surface area contributed by atoms with Gasteiger partial charge in [0.25, 0.3) is 0 Å². The number of hydrogen-bond acceptors (Lipinski definition) is 3. The van der Waals surface area contributed by atoms with Gasteiger partial charge in [-0.05, 0) is 42.4 Å². The smallest absolute Gasteiger partial charge is 0.213 e. The first-order valence-electron chi connectivity index (χ1n) is 7.71. The summed E-state index contributed by atoms with van der Waals surface area (Å²) in [4.78, 5) is 0. The standard InChI is InChI=1S/C16H26N2O2S/c1-12(2)15-5-3-4-6-16(15)18-14-9-7-13(8-10-14)11-21(17,19)20/h7-10,12,15-16,18H,3-6,11H2,1-2H3,(H2,17,19,20). The van der Waals surface area contributed by atoms with Gasteiger partial charge in [-0.15, -0.1) is 0 Å². The maximum atomic E-state index is 11.1. The molecule has 0 saturated heterocycles. The average Bonchev–Trinajstić information content (AvgIpc) is 2.40. The average molecular weight is 310 g/mol. The number of anilines is 1. The monoisotopic (exact) mass is 310 g/mol. The fourth-order valence-corrected chi connectivity index (χ4v) is 3.94. The van der Waals surface area contributed by atoms with E-state index in [0.29, 0.717) is 17.9 Å². The van der Waals surface area contributed by atoms with Crippen LogP contribution in [0.4, 0.5) is 5.69 Å². The van der Waals surface area contributed by atoms with Crippen LogP contribution in [0.3, 0.4) is 0 Å². The molecular weight excluding hydrogens is 284 g/mol. The molecular formula is C16H26N2O2S. The van der Waals surface area contributed by atoms with Gasteiger partial charge in [-0.3, -0.25) is 0 Å². The van der Waals surface area contributed by atoms with E-state index in [9.17, 15) is 8.42 Å². The molecule has 1 aromatic rings. The van der Waals surface area contributed by atoms with E-state index < -0.39 is 10.0 Å². The summed E-state index contributed by atoms with van der Waals surface area (Å²) in [5.74, 6) is 1.29. The third kappa shape index (κ3) is 5.00. The third-order valence-corrected chi connectivity index (χ3v) is 5.09. The first kappa shape index (κ1) is 16.3. The van der Waals surface area contributed by atoms with Gasteiger partial charge in [0.2, 0.25) is 10.0 Å². The zero-order valence-corrected chi connectivity index (χ0v) is 13.7. The van der Waals surface area contributed by atoms with Gasteiger partial charge in [0.15, 0.2) is 0 Å². The second kappa shape index (κ2) is 6.79. The number of hydrogen-bond donors (Lipinski definition) is 2. The Morgan fingerprint density at radius 2 is 1.81 bits per heavy atom. The summed E-state index contributed by atoms with van der Waals surface area (Å²) >= 11 is 0. The second-order valence-corrected chi connectivity index (χ2v) is 8.06. The number of nitrogens with one attached hydrogen (secondary N) is 1. The Morgan fingerprint density at radius 3 is 2.38 bits per heavy atom. The SMILES string of the molecule is CC(C)C1CCCCC1Nc1ccc(CS(N)(=O)=O)cc1. The van der Waals surface area contributed by atoms with Gasteiger partial charge in [-0.2, -0.15) is 0 Å². The number of sulfonamides is 1. The van der Waals surface area contributed by atoms with Gasteiger partial charge in [-0.1, -0.05) is 38.8 Å². The molecule has 0 heterocycles. The highest BCUT2D eigenvalue weighted by atomic mass is 32.2. The van der Waals surface area contributed by atoms with Gasteiger partial charge < -0.3 is 5.32 Å². The van der Waals surface area contributed by atoms with Crippen LogP contribution in [0.5, 0.6) is 0 Å². The predicted octanol–water partition coefficient (Wildman–Crippen LogP) is 3.10. The highest BCUT2D eigenvalue weighted by Crippen LogP contribution is 2.32. The Hall–Kier alpha value is -1.07. The summed E-state index contributed by atoms with van der Waals surface area (Å²) in [7, 11) is -3.46. The zero-order chi connectivity index (χ0) is 15.5. The van der Waals surface area contributed by atoms with Crippen LogP contribution < -0.4 is 10.5 Å². The lowest BCUT2D eigenvalue weighted by Crippen LogP contribution is -2.35. The van der Waals surface area contributed by atoms with E-state index in [1.807, 2.05) is 24.3 Å². The Kier molecular flexibility index (Phi) is 5.27. The molecule has 4 nitrogen and oxygen atoms in total. The maximum absolute atomic E-state index is 11.1. The van der Waals surface area contributed by atoms with Crippen molar-refractivity contribution < 1.29 is 8.42 Å². The zero-order valence-electron chi connectivity index (χ0n) is 12.9. The third-order valence-electron chi connectivity index (χ3n) is 4.35. The summed E-state index contributed by atoms with van der Waals surface area (Å²) in [5.41, 5.74) is 1.79. The fourth-order valence-electron chi connectivity index (χ4n) is 3.28. The van der Waals surface area contributed by atoms with Gasteiger partial charge in [-0.25, -0.2) is 13.6 Å². The quantitative estimate of drug-likeness (QED) is 0.877. The summed E-state index contributed by atoms with van der Waals surface area (Å²) in [6.45, 7) is 4.58. The lowest BCUT2D eigenvalue weighted by atomic mass is 9.78. The minimum Gasteiger partial charge on any atom is -0.382 e. The molecule has 118 valence electrons. The minimum atomic E-state index is -3.46. The first-order chi connectivity index (χ1) is 9.85. The molecule has 1 fully saturated rings. The van der Waals surface area contributed by atoms with E-state index in [1.54, 1.807) is 0 Å². The number of primary sulfonamides is 1. The van der Waals surface area contributed by atoms with Crippen molar-refractivity contribution in [3.05, 3.63) is 29.8 Å². The lowest BCUT2D eigenvalue weighted by Gasteiger charge is -2.35. The predicted molar refractivity (Wildman–Crippen MR) is 87.5 cm³/mol. The van der Waals surface area contributed by atoms with Crippen LogP contribution in [0.25, 0.3) is 0 Å². The summed E-state index contributed by atoms with van der Waals surface area (Å²) < 4.78 is 22.2. The molecule has 2 atom stereocenters. The highest BCUT2D eigenvalue weighted by molar-refractivity contribution is 7.88. The van der Waals surface area contributed by atoms with Crippen LogP contribution >= 0.6 is 0 Å². The van der Waals surface area contributed by atoms with Gasteiger partial charge in [0, 0.05) is 11.7 Å². The van der Waals surface area contributed by atoms with E-state index in [-0.39, 0.29) is 5.75 Å². The second-order valence-electron chi connectivity index (χ2n) is 6.45. The largest absolute Gasteiger partial charge is 0.382 e. The Morgan fingerprint density at radius 1 is 1.19 bits per heavy atom. The van der Waals surface area contributed by atoms with Crippen LogP contribution in [0.15, 0.2) is 24.3 Å². The molecule has 2 rings (SSSR count). The first-order valence-corrected chi connectivity index (χ1v) is 9.42. The molecule has 2 unspecified atom stereocenters. The van der Waals surface area contributed by atoms with E-state index in [4.69, 9.17) is 5.14 Å². The molecule has 1 aromatic carbocycles. The van der Waals surface area contributed by atoms with Crippen LogP contribution in [0.2, 0.25) is 0 Å². The maximum Gasteiger partial charge on any atom is 0.213 e. The molecule has 21 heavy (non-hydrogen) atoms. The van der Waals surface area contributed by atoms with Crippen molar-refractivity contribution in [2.45, 2.75) is 51.3 Å². The summed E-state index contributed by atoms with van der Waals surface area (Å²) in [6, 6.07) is 8.08. The van der Waals surface area contributed by atoms with E-state index in [1.165, 1.54) is 25.7 Å². The molecule has 0 spiro atoms. The summed E-state index contributed by atoms with van der Waals surface area (Å²) in [6.07, 6.45) is 5.11. The molecule has 3 N–H and O–H groups in total. The van der Waals surface area contributed by atoms with Crippen LogP contribution in [-0.4, -0.2) is 14.5 Å². The Bertz CT molecular complexity index is 552. The van der Waals surface area contributed by atoms with Gasteiger partial charge >= 0.3 is 0 Å². The number of benzene rings is 1. The molecule has 1 saturated carbocycles.